The van der Waals surface area contributed by atoms with Crippen LogP contribution in [0.5, 0.6) is 0 Å². The van der Waals surface area contributed by atoms with Crippen molar-refractivity contribution < 1.29 is 4.79 Å². The van der Waals surface area contributed by atoms with Crippen molar-refractivity contribution in [3.63, 3.8) is 0 Å². The maximum absolute atomic E-state index is 12.5. The number of fused-ring (bicyclic) bond motifs is 1. The van der Waals surface area contributed by atoms with E-state index in [2.05, 4.69) is 32.6 Å². The zero-order valence-corrected chi connectivity index (χ0v) is 14.5. The van der Waals surface area contributed by atoms with Crippen LogP contribution in [0.2, 0.25) is 0 Å². The van der Waals surface area contributed by atoms with E-state index in [1.165, 1.54) is 0 Å². The number of benzene rings is 1. The predicted octanol–water partition coefficient (Wildman–Crippen LogP) is 2.24. The first-order valence-corrected chi connectivity index (χ1v) is 8.56. The number of anilines is 1. The second kappa shape index (κ2) is 6.33. The Balaban J connectivity index is 1.61. The lowest BCUT2D eigenvalue weighted by atomic mass is 10.0. The average Bonchev–Trinajstić information content (AvgIpc) is 3.27. The van der Waals surface area contributed by atoms with Gasteiger partial charge in [-0.2, -0.15) is 10.2 Å². The van der Waals surface area contributed by atoms with E-state index in [-0.39, 0.29) is 5.91 Å². The summed E-state index contributed by atoms with van der Waals surface area (Å²) >= 11 is 0. The number of H-pyrrole nitrogens is 1. The first-order chi connectivity index (χ1) is 12.1. The summed E-state index contributed by atoms with van der Waals surface area (Å²) in [5.74, 6) is 1.07. The van der Waals surface area contributed by atoms with Gasteiger partial charge in [0.2, 0.25) is 5.91 Å². The van der Waals surface area contributed by atoms with E-state index in [1.807, 2.05) is 37.4 Å². The fourth-order valence-electron chi connectivity index (χ4n) is 3.57. The van der Waals surface area contributed by atoms with Gasteiger partial charge >= 0.3 is 0 Å². The summed E-state index contributed by atoms with van der Waals surface area (Å²) in [4.78, 5) is 14.7. The van der Waals surface area contributed by atoms with Crippen molar-refractivity contribution in [3.05, 3.63) is 30.3 Å². The van der Waals surface area contributed by atoms with Crippen molar-refractivity contribution in [2.45, 2.75) is 12.8 Å². The van der Waals surface area contributed by atoms with Gasteiger partial charge in [0.15, 0.2) is 5.65 Å². The van der Waals surface area contributed by atoms with Crippen LogP contribution in [0.4, 0.5) is 5.82 Å². The topological polar surface area (TPSA) is 78.8 Å². The van der Waals surface area contributed by atoms with E-state index in [4.69, 9.17) is 0 Å². The zero-order valence-electron chi connectivity index (χ0n) is 14.5. The van der Waals surface area contributed by atoms with E-state index in [9.17, 15) is 4.79 Å². The molecule has 1 aliphatic rings. The van der Waals surface area contributed by atoms with Crippen LogP contribution in [0.1, 0.15) is 12.8 Å². The van der Waals surface area contributed by atoms with E-state index < -0.39 is 0 Å². The van der Waals surface area contributed by atoms with Crippen molar-refractivity contribution in [1.82, 2.24) is 24.9 Å². The molecule has 1 fully saturated rings. The summed E-state index contributed by atoms with van der Waals surface area (Å²) in [6.45, 7) is 2.04. The highest BCUT2D eigenvalue weighted by Crippen LogP contribution is 2.31. The SMILES string of the molecule is CN1CCC(CC(=O)Nc2[nH]nc3c2c(-c2ccccc2)nn3C)C1. The average molecular weight is 338 g/mol. The largest absolute Gasteiger partial charge is 0.310 e. The maximum atomic E-state index is 12.5. The molecular formula is C18H22N6O. The second-order valence-electron chi connectivity index (χ2n) is 6.80. The summed E-state index contributed by atoms with van der Waals surface area (Å²) < 4.78 is 1.73. The lowest BCUT2D eigenvalue weighted by Crippen LogP contribution is -2.19. The minimum atomic E-state index is 0.0220. The Labute approximate surface area is 146 Å². The van der Waals surface area contributed by atoms with Crippen LogP contribution in [0.15, 0.2) is 30.3 Å². The second-order valence-corrected chi connectivity index (χ2v) is 6.80. The first kappa shape index (κ1) is 15.8. The number of aromatic nitrogens is 4. The Bertz CT molecular complexity index is 897. The fourth-order valence-corrected chi connectivity index (χ4v) is 3.57. The van der Waals surface area contributed by atoms with Gasteiger partial charge in [-0.25, -0.2) is 4.68 Å². The molecule has 1 amide bonds. The molecule has 25 heavy (non-hydrogen) atoms. The van der Waals surface area contributed by atoms with Crippen LogP contribution < -0.4 is 5.32 Å². The Kier molecular flexibility index (Phi) is 4.01. The molecule has 2 aromatic heterocycles. The predicted molar refractivity (Wildman–Crippen MR) is 97.1 cm³/mol. The van der Waals surface area contributed by atoms with Gasteiger partial charge in [-0.3, -0.25) is 9.89 Å². The van der Waals surface area contributed by atoms with Crippen LogP contribution in [-0.4, -0.2) is 50.9 Å². The Hall–Kier alpha value is -2.67. The summed E-state index contributed by atoms with van der Waals surface area (Å²) in [5, 5.41) is 15.7. The standard InChI is InChI=1S/C18H22N6O/c1-23-9-8-12(11-23)10-14(25)19-17-15-16(13-6-4-3-5-7-13)22-24(2)18(15)21-20-17/h3-7,12H,8-11H2,1-2H3,(H2,19,20,21,25). The molecule has 1 aliphatic heterocycles. The number of hydrogen-bond donors (Lipinski definition) is 2. The molecule has 130 valence electrons. The van der Waals surface area contributed by atoms with E-state index in [1.54, 1.807) is 4.68 Å². The lowest BCUT2D eigenvalue weighted by Gasteiger charge is -2.10. The quantitative estimate of drug-likeness (QED) is 0.765. The monoisotopic (exact) mass is 338 g/mol. The highest BCUT2D eigenvalue weighted by molar-refractivity contribution is 6.05. The van der Waals surface area contributed by atoms with Crippen LogP contribution in [0, 0.1) is 5.92 Å². The number of nitrogens with zero attached hydrogens (tertiary/aromatic N) is 4. The number of likely N-dealkylation sites (tertiary alicyclic amines) is 1. The molecule has 3 aromatic rings. The molecule has 0 spiro atoms. The van der Waals surface area contributed by atoms with Crippen molar-refractivity contribution in [3.8, 4) is 11.3 Å². The van der Waals surface area contributed by atoms with E-state index >= 15 is 0 Å². The third kappa shape index (κ3) is 3.02. The number of rotatable bonds is 4. The van der Waals surface area contributed by atoms with Gasteiger partial charge in [0, 0.05) is 25.6 Å². The van der Waals surface area contributed by atoms with Gasteiger partial charge in [0.1, 0.15) is 11.5 Å². The van der Waals surface area contributed by atoms with Gasteiger partial charge in [-0.15, -0.1) is 0 Å². The van der Waals surface area contributed by atoms with Gasteiger partial charge in [-0.05, 0) is 25.9 Å². The number of hydrogen-bond acceptors (Lipinski definition) is 4. The summed E-state index contributed by atoms with van der Waals surface area (Å²) in [7, 11) is 3.95. The molecule has 0 radical (unpaired) electrons. The van der Waals surface area contributed by atoms with Crippen molar-refractivity contribution in [2.75, 3.05) is 25.5 Å². The van der Waals surface area contributed by atoms with E-state index in [0.717, 1.165) is 41.8 Å². The summed E-state index contributed by atoms with van der Waals surface area (Å²) in [6, 6.07) is 9.94. The molecular weight excluding hydrogens is 316 g/mol. The van der Waals surface area contributed by atoms with Crippen molar-refractivity contribution in [2.24, 2.45) is 13.0 Å². The minimum Gasteiger partial charge on any atom is -0.310 e. The van der Waals surface area contributed by atoms with Crippen LogP contribution in [0.3, 0.4) is 0 Å². The van der Waals surface area contributed by atoms with Crippen LogP contribution in [0.25, 0.3) is 22.3 Å². The summed E-state index contributed by atoms with van der Waals surface area (Å²) in [5.41, 5.74) is 2.56. The summed E-state index contributed by atoms with van der Waals surface area (Å²) in [6.07, 6.45) is 1.61. The molecule has 1 unspecified atom stereocenters. The van der Waals surface area contributed by atoms with Gasteiger partial charge in [0.25, 0.3) is 0 Å². The number of carbonyl (C=O) groups is 1. The molecule has 4 rings (SSSR count). The first-order valence-electron chi connectivity index (χ1n) is 8.56. The Morgan fingerprint density at radius 2 is 2.12 bits per heavy atom. The molecule has 0 aliphatic carbocycles. The van der Waals surface area contributed by atoms with Crippen molar-refractivity contribution >= 4 is 22.8 Å². The molecule has 1 aromatic carbocycles. The highest BCUT2D eigenvalue weighted by Gasteiger charge is 2.24. The van der Waals surface area contributed by atoms with E-state index in [0.29, 0.717) is 18.2 Å². The third-order valence-electron chi connectivity index (χ3n) is 4.82. The molecule has 7 heteroatoms. The third-order valence-corrected chi connectivity index (χ3v) is 4.82. The highest BCUT2D eigenvalue weighted by atomic mass is 16.1. The number of nitrogens with one attached hydrogen (secondary N) is 2. The lowest BCUT2D eigenvalue weighted by molar-refractivity contribution is -0.117. The molecule has 7 nitrogen and oxygen atoms in total. The molecule has 0 saturated carbocycles. The Morgan fingerprint density at radius 1 is 1.32 bits per heavy atom. The molecule has 3 heterocycles. The van der Waals surface area contributed by atoms with Crippen LogP contribution in [-0.2, 0) is 11.8 Å². The van der Waals surface area contributed by atoms with Gasteiger partial charge in [-0.1, -0.05) is 30.3 Å². The normalized spacial score (nSPS) is 18.1. The molecule has 1 saturated heterocycles. The maximum Gasteiger partial charge on any atom is 0.225 e. The number of amides is 1. The van der Waals surface area contributed by atoms with Gasteiger partial charge < -0.3 is 10.2 Å². The minimum absolute atomic E-state index is 0.0220. The number of aromatic amines is 1. The Morgan fingerprint density at radius 3 is 2.84 bits per heavy atom. The number of aryl methyl sites for hydroxylation is 1. The molecule has 1 atom stereocenters. The van der Waals surface area contributed by atoms with Gasteiger partial charge in [0.05, 0.1) is 5.39 Å². The van der Waals surface area contributed by atoms with Crippen molar-refractivity contribution in [1.29, 1.82) is 0 Å². The fraction of sp³-hybridized carbons (Fsp3) is 0.389. The molecule has 0 bridgehead atoms. The zero-order chi connectivity index (χ0) is 17.4. The smallest absolute Gasteiger partial charge is 0.225 e. The number of carbonyl (C=O) groups excluding carboxylic acids is 1. The van der Waals surface area contributed by atoms with Crippen LogP contribution >= 0.6 is 0 Å². The molecule has 2 N–H and O–H groups in total.